The van der Waals surface area contributed by atoms with Crippen LogP contribution in [0.2, 0.25) is 5.02 Å². The molecule has 0 saturated carbocycles. The summed E-state index contributed by atoms with van der Waals surface area (Å²) in [6.07, 6.45) is 0. The Morgan fingerprint density at radius 2 is 2.14 bits per heavy atom. The van der Waals surface area contributed by atoms with Crippen LogP contribution in [-0.4, -0.2) is 10.2 Å². The van der Waals surface area contributed by atoms with Crippen LogP contribution in [0, 0.1) is 5.82 Å². The van der Waals surface area contributed by atoms with E-state index in [0.29, 0.717) is 14.5 Å². The highest BCUT2D eigenvalue weighted by atomic mass is 79.9. The molecule has 0 N–H and O–H groups in total. The first-order valence-electron chi connectivity index (χ1n) is 3.62. The first-order chi connectivity index (χ1) is 6.68. The zero-order chi connectivity index (χ0) is 10.1. The van der Waals surface area contributed by atoms with Gasteiger partial charge in [-0.05, 0) is 22.0 Å². The van der Waals surface area contributed by atoms with Crippen molar-refractivity contribution in [2.24, 2.45) is 0 Å². The van der Waals surface area contributed by atoms with Crippen LogP contribution >= 0.6 is 38.9 Å². The molecule has 0 atom stereocenters. The fourth-order valence-electron chi connectivity index (χ4n) is 0.983. The van der Waals surface area contributed by atoms with Crippen molar-refractivity contribution in [1.82, 2.24) is 10.2 Å². The molecule has 72 valence electrons. The van der Waals surface area contributed by atoms with E-state index >= 15 is 0 Å². The third-order valence-electron chi connectivity index (χ3n) is 1.58. The first-order valence-corrected chi connectivity index (χ1v) is 5.60. The van der Waals surface area contributed by atoms with Gasteiger partial charge in [0.05, 0.1) is 5.02 Å². The van der Waals surface area contributed by atoms with Crippen LogP contribution in [0.4, 0.5) is 4.39 Å². The monoisotopic (exact) mass is 292 g/mol. The number of nitrogens with zero attached hydrogens (tertiary/aromatic N) is 2. The second-order valence-corrected chi connectivity index (χ2v) is 5.09. The molecule has 2 nitrogen and oxygen atoms in total. The van der Waals surface area contributed by atoms with Crippen molar-refractivity contribution in [2.75, 3.05) is 0 Å². The summed E-state index contributed by atoms with van der Waals surface area (Å²) in [5, 5.41) is 8.30. The standard InChI is InChI=1S/C8H3BrClFN2S/c9-8-13-12-7(14-8)4-2-1-3-5(11)6(4)10/h1-3H. The quantitative estimate of drug-likeness (QED) is 0.800. The molecule has 0 aliphatic carbocycles. The predicted octanol–water partition coefficient (Wildman–Crippen LogP) is 3.76. The molecule has 1 aromatic heterocycles. The minimum Gasteiger partial charge on any atom is -0.205 e. The second-order valence-electron chi connectivity index (χ2n) is 2.46. The Balaban J connectivity index is 2.57. The zero-order valence-electron chi connectivity index (χ0n) is 6.67. The highest BCUT2D eigenvalue weighted by Gasteiger charge is 2.11. The third kappa shape index (κ3) is 1.80. The number of halogens is 3. The van der Waals surface area contributed by atoms with Crippen molar-refractivity contribution < 1.29 is 4.39 Å². The summed E-state index contributed by atoms with van der Waals surface area (Å²) in [6, 6.07) is 4.60. The van der Waals surface area contributed by atoms with Gasteiger partial charge in [-0.1, -0.05) is 35.1 Å². The Kier molecular flexibility index (Phi) is 2.80. The average Bonchev–Trinajstić information content (AvgIpc) is 2.57. The maximum absolute atomic E-state index is 13.1. The van der Waals surface area contributed by atoms with Gasteiger partial charge in [0, 0.05) is 5.56 Å². The van der Waals surface area contributed by atoms with Crippen molar-refractivity contribution in [3.8, 4) is 10.6 Å². The van der Waals surface area contributed by atoms with Gasteiger partial charge in [-0.15, -0.1) is 10.2 Å². The Morgan fingerprint density at radius 1 is 1.36 bits per heavy atom. The van der Waals surface area contributed by atoms with E-state index in [2.05, 4.69) is 26.1 Å². The largest absolute Gasteiger partial charge is 0.205 e. The van der Waals surface area contributed by atoms with Gasteiger partial charge in [0.15, 0.2) is 3.92 Å². The van der Waals surface area contributed by atoms with Crippen LogP contribution in [-0.2, 0) is 0 Å². The van der Waals surface area contributed by atoms with Crippen LogP contribution in [0.3, 0.4) is 0 Å². The molecule has 6 heteroatoms. The maximum Gasteiger partial charge on any atom is 0.183 e. The minimum atomic E-state index is -0.449. The van der Waals surface area contributed by atoms with Gasteiger partial charge in [-0.3, -0.25) is 0 Å². The number of aromatic nitrogens is 2. The highest BCUT2D eigenvalue weighted by molar-refractivity contribution is 9.11. The summed E-state index contributed by atoms with van der Waals surface area (Å²) in [6.45, 7) is 0. The van der Waals surface area contributed by atoms with E-state index in [1.54, 1.807) is 12.1 Å². The highest BCUT2D eigenvalue weighted by Crippen LogP contribution is 2.32. The van der Waals surface area contributed by atoms with E-state index in [9.17, 15) is 4.39 Å². The van der Waals surface area contributed by atoms with E-state index in [-0.39, 0.29) is 5.02 Å². The van der Waals surface area contributed by atoms with E-state index in [1.807, 2.05) is 0 Å². The molecule has 0 unspecified atom stereocenters. The van der Waals surface area contributed by atoms with Crippen LogP contribution < -0.4 is 0 Å². The second kappa shape index (κ2) is 3.92. The van der Waals surface area contributed by atoms with Gasteiger partial charge in [-0.25, -0.2) is 4.39 Å². The Hall–Kier alpha value is -0.520. The van der Waals surface area contributed by atoms with Gasteiger partial charge in [0.2, 0.25) is 0 Å². The Labute approximate surface area is 96.9 Å². The summed E-state index contributed by atoms with van der Waals surface area (Å²) in [4.78, 5) is 0. The molecule has 0 amide bonds. The number of benzene rings is 1. The van der Waals surface area contributed by atoms with Crippen LogP contribution in [0.15, 0.2) is 22.1 Å². The molecular formula is C8H3BrClFN2S. The predicted molar refractivity (Wildman–Crippen MR) is 58.0 cm³/mol. The summed E-state index contributed by atoms with van der Waals surface area (Å²) in [5.74, 6) is -0.449. The van der Waals surface area contributed by atoms with Crippen molar-refractivity contribution in [1.29, 1.82) is 0 Å². The number of hydrogen-bond donors (Lipinski definition) is 0. The lowest BCUT2D eigenvalue weighted by Crippen LogP contribution is -1.82. The minimum absolute atomic E-state index is 0.0798. The molecular weight excluding hydrogens is 291 g/mol. The molecule has 14 heavy (non-hydrogen) atoms. The van der Waals surface area contributed by atoms with Gasteiger partial charge < -0.3 is 0 Å². The molecule has 2 rings (SSSR count). The van der Waals surface area contributed by atoms with Crippen LogP contribution in [0.1, 0.15) is 0 Å². The summed E-state index contributed by atoms with van der Waals surface area (Å²) in [7, 11) is 0. The van der Waals surface area contributed by atoms with E-state index < -0.39 is 5.82 Å². The average molecular weight is 294 g/mol. The lowest BCUT2D eigenvalue weighted by Gasteiger charge is -1.99. The summed E-state index contributed by atoms with van der Waals surface area (Å²) in [5.41, 5.74) is 0.565. The Morgan fingerprint density at radius 3 is 2.79 bits per heavy atom. The summed E-state index contributed by atoms with van der Waals surface area (Å²) >= 11 is 10.3. The Bertz CT molecular complexity index is 474. The van der Waals surface area contributed by atoms with E-state index in [4.69, 9.17) is 11.6 Å². The first kappa shape index (κ1) is 10.0. The molecule has 0 radical (unpaired) electrons. The fourth-order valence-corrected chi connectivity index (χ4v) is 2.40. The molecule has 1 aromatic carbocycles. The molecule has 0 saturated heterocycles. The molecule has 0 spiro atoms. The van der Waals surface area contributed by atoms with Crippen molar-refractivity contribution in [3.63, 3.8) is 0 Å². The SMILES string of the molecule is Fc1cccc(-c2nnc(Br)s2)c1Cl. The van der Waals surface area contributed by atoms with Crippen molar-refractivity contribution in [3.05, 3.63) is 33.0 Å². The lowest BCUT2D eigenvalue weighted by atomic mass is 10.2. The molecule has 0 aliphatic heterocycles. The zero-order valence-corrected chi connectivity index (χ0v) is 9.83. The summed E-state index contributed by atoms with van der Waals surface area (Å²) < 4.78 is 13.7. The maximum atomic E-state index is 13.1. The molecule has 0 bridgehead atoms. The smallest absolute Gasteiger partial charge is 0.183 e. The van der Waals surface area contributed by atoms with E-state index in [0.717, 1.165) is 0 Å². The van der Waals surface area contributed by atoms with Gasteiger partial charge in [0.1, 0.15) is 10.8 Å². The topological polar surface area (TPSA) is 25.8 Å². The van der Waals surface area contributed by atoms with Gasteiger partial charge in [-0.2, -0.15) is 0 Å². The molecule has 0 fully saturated rings. The van der Waals surface area contributed by atoms with Crippen molar-refractivity contribution in [2.45, 2.75) is 0 Å². The van der Waals surface area contributed by atoms with E-state index in [1.165, 1.54) is 17.4 Å². The molecule has 2 aromatic rings. The van der Waals surface area contributed by atoms with Gasteiger partial charge in [0.25, 0.3) is 0 Å². The lowest BCUT2D eigenvalue weighted by molar-refractivity contribution is 0.629. The number of rotatable bonds is 1. The van der Waals surface area contributed by atoms with Gasteiger partial charge >= 0.3 is 0 Å². The number of hydrogen-bond acceptors (Lipinski definition) is 3. The molecule has 0 aliphatic rings. The van der Waals surface area contributed by atoms with Crippen molar-refractivity contribution >= 4 is 38.9 Å². The van der Waals surface area contributed by atoms with Crippen LogP contribution in [0.25, 0.3) is 10.6 Å². The molecule has 1 heterocycles. The third-order valence-corrected chi connectivity index (χ3v) is 3.36. The van der Waals surface area contributed by atoms with Crippen LogP contribution in [0.5, 0.6) is 0 Å². The normalized spacial score (nSPS) is 10.5. The fraction of sp³-hybridized carbons (Fsp3) is 0.